The molecule has 0 heterocycles. The Kier molecular flexibility index (Phi) is 5.64. The molecule has 1 heteroatoms. The van der Waals surface area contributed by atoms with Crippen LogP contribution in [-0.2, 0) is 4.74 Å². The van der Waals surface area contributed by atoms with Crippen molar-refractivity contribution in [2.24, 2.45) is 0 Å². The Labute approximate surface area is 57.7 Å². The average molecular weight is 127 g/mol. The molecule has 0 aromatic rings. The van der Waals surface area contributed by atoms with Gasteiger partial charge in [0.2, 0.25) is 0 Å². The molecule has 0 saturated heterocycles. The number of rotatable bonds is 5. The van der Waals surface area contributed by atoms with E-state index in [1.807, 2.05) is 6.92 Å². The van der Waals surface area contributed by atoms with Crippen LogP contribution in [0.15, 0.2) is 6.08 Å². The normalized spacial score (nSPS) is 13.1. The van der Waals surface area contributed by atoms with Gasteiger partial charge in [0, 0.05) is 6.61 Å². The van der Waals surface area contributed by atoms with Crippen molar-refractivity contribution in [3.8, 4) is 0 Å². The molecule has 0 aliphatic carbocycles. The molecule has 0 fully saturated rings. The summed E-state index contributed by atoms with van der Waals surface area (Å²) in [6.07, 6.45) is 3.85. The second kappa shape index (κ2) is 5.83. The molecule has 9 heavy (non-hydrogen) atoms. The number of ether oxygens (including phenoxy) is 1. The van der Waals surface area contributed by atoms with Gasteiger partial charge in [-0.05, 0) is 19.8 Å². The molecule has 0 aromatic carbocycles. The van der Waals surface area contributed by atoms with Crippen LogP contribution in [0.3, 0.4) is 0 Å². The van der Waals surface area contributed by atoms with Crippen molar-refractivity contribution in [3.05, 3.63) is 12.7 Å². The van der Waals surface area contributed by atoms with E-state index in [-0.39, 0.29) is 6.10 Å². The van der Waals surface area contributed by atoms with Gasteiger partial charge in [-0.3, -0.25) is 0 Å². The summed E-state index contributed by atoms with van der Waals surface area (Å²) in [6.45, 7) is 10.2. The van der Waals surface area contributed by atoms with Gasteiger partial charge in [-0.15, -0.1) is 0 Å². The first kappa shape index (κ1) is 8.70. The molecule has 1 atom stereocenters. The van der Waals surface area contributed by atoms with Gasteiger partial charge in [-0.2, -0.15) is 0 Å². The fraction of sp³-hybridized carbons (Fsp3) is 0.750. The van der Waals surface area contributed by atoms with E-state index in [0.29, 0.717) is 0 Å². The van der Waals surface area contributed by atoms with Crippen LogP contribution in [-0.4, -0.2) is 12.7 Å². The zero-order chi connectivity index (χ0) is 7.11. The van der Waals surface area contributed by atoms with Crippen LogP contribution in [0.1, 0.15) is 26.7 Å². The quantitative estimate of drug-likeness (QED) is 0.550. The fourth-order valence-corrected chi connectivity index (χ4v) is 0.579. The monoisotopic (exact) mass is 127 g/mol. The zero-order valence-corrected chi connectivity index (χ0v) is 6.26. The Balaban J connectivity index is 3.04. The Morgan fingerprint density at radius 2 is 2.33 bits per heavy atom. The summed E-state index contributed by atoms with van der Waals surface area (Å²) >= 11 is 0. The van der Waals surface area contributed by atoms with Crippen LogP contribution in [0.25, 0.3) is 0 Å². The highest BCUT2D eigenvalue weighted by Gasteiger charge is 1.95. The van der Waals surface area contributed by atoms with Gasteiger partial charge in [-0.1, -0.05) is 19.6 Å². The van der Waals surface area contributed by atoms with Crippen LogP contribution in [0.4, 0.5) is 0 Å². The molecule has 0 N–H and O–H groups in total. The van der Waals surface area contributed by atoms with Crippen molar-refractivity contribution in [3.63, 3.8) is 0 Å². The van der Waals surface area contributed by atoms with Crippen molar-refractivity contribution >= 4 is 0 Å². The summed E-state index contributed by atoms with van der Waals surface area (Å²) in [6, 6.07) is 0. The minimum Gasteiger partial charge on any atom is -0.378 e. The second-order valence-electron chi connectivity index (χ2n) is 2.15. The molecule has 1 unspecified atom stereocenters. The molecule has 1 radical (unpaired) electrons. The van der Waals surface area contributed by atoms with Gasteiger partial charge in [0.15, 0.2) is 0 Å². The van der Waals surface area contributed by atoms with E-state index in [9.17, 15) is 0 Å². The zero-order valence-electron chi connectivity index (χ0n) is 6.26. The first-order chi connectivity index (χ1) is 4.31. The van der Waals surface area contributed by atoms with Gasteiger partial charge >= 0.3 is 0 Å². The van der Waals surface area contributed by atoms with E-state index in [1.54, 1.807) is 6.08 Å². The smallest absolute Gasteiger partial charge is 0.0581 e. The third-order valence-electron chi connectivity index (χ3n) is 1.07. The number of hydrogen-bond donors (Lipinski definition) is 0. The lowest BCUT2D eigenvalue weighted by atomic mass is 10.3. The van der Waals surface area contributed by atoms with Crippen molar-refractivity contribution in [1.29, 1.82) is 0 Å². The highest BCUT2D eigenvalue weighted by molar-refractivity contribution is 4.66. The third-order valence-corrected chi connectivity index (χ3v) is 1.07. The summed E-state index contributed by atoms with van der Waals surface area (Å²) in [7, 11) is 0. The molecular formula is C8H15O. The van der Waals surface area contributed by atoms with E-state index in [4.69, 9.17) is 11.3 Å². The molecule has 0 rings (SSSR count). The fourth-order valence-electron chi connectivity index (χ4n) is 0.579. The Morgan fingerprint density at radius 1 is 1.67 bits per heavy atom. The van der Waals surface area contributed by atoms with E-state index in [1.165, 1.54) is 0 Å². The van der Waals surface area contributed by atoms with Gasteiger partial charge in [-0.25, -0.2) is 0 Å². The molecule has 0 amide bonds. The Morgan fingerprint density at radius 3 is 2.78 bits per heavy atom. The van der Waals surface area contributed by atoms with Crippen LogP contribution < -0.4 is 0 Å². The summed E-state index contributed by atoms with van der Waals surface area (Å²) in [5, 5.41) is 0. The van der Waals surface area contributed by atoms with Crippen LogP contribution >= 0.6 is 0 Å². The molecule has 0 aliphatic heterocycles. The first-order valence-corrected chi connectivity index (χ1v) is 3.46. The molecule has 53 valence electrons. The molecule has 0 saturated carbocycles. The third kappa shape index (κ3) is 5.57. The maximum Gasteiger partial charge on any atom is 0.0581 e. The van der Waals surface area contributed by atoms with Crippen LogP contribution in [0.5, 0.6) is 0 Å². The van der Waals surface area contributed by atoms with Gasteiger partial charge < -0.3 is 4.74 Å². The van der Waals surface area contributed by atoms with Crippen molar-refractivity contribution in [2.45, 2.75) is 32.8 Å². The van der Waals surface area contributed by atoms with Crippen LogP contribution in [0.2, 0.25) is 0 Å². The molecule has 0 bridgehead atoms. The highest BCUT2D eigenvalue weighted by atomic mass is 16.5. The Bertz CT molecular complexity index is 69.0. The average Bonchev–Trinajstić information content (AvgIpc) is 1.85. The first-order valence-electron chi connectivity index (χ1n) is 3.46. The van der Waals surface area contributed by atoms with Crippen LogP contribution in [0, 0.1) is 6.58 Å². The van der Waals surface area contributed by atoms with Gasteiger partial charge in [0.25, 0.3) is 0 Å². The minimum atomic E-state index is 0.287. The standard InChI is InChI=1S/C8H15O/c1-4-6-8(3)9-7-5-2/h1,4,8H,5-7H2,2-3H3. The maximum atomic E-state index is 5.32. The van der Waals surface area contributed by atoms with E-state index in [0.717, 1.165) is 19.4 Å². The highest BCUT2D eigenvalue weighted by Crippen LogP contribution is 1.97. The van der Waals surface area contributed by atoms with E-state index in [2.05, 4.69) is 6.92 Å². The minimum absolute atomic E-state index is 0.287. The largest absolute Gasteiger partial charge is 0.378 e. The molecule has 1 nitrogen and oxygen atoms in total. The lowest BCUT2D eigenvalue weighted by molar-refractivity contribution is 0.0687. The topological polar surface area (TPSA) is 9.23 Å². The lowest BCUT2D eigenvalue weighted by Gasteiger charge is -2.08. The second-order valence-corrected chi connectivity index (χ2v) is 2.15. The van der Waals surface area contributed by atoms with Gasteiger partial charge in [0.1, 0.15) is 0 Å². The predicted octanol–water partition coefficient (Wildman–Crippen LogP) is 2.18. The van der Waals surface area contributed by atoms with Crippen molar-refractivity contribution < 1.29 is 4.74 Å². The molecular weight excluding hydrogens is 112 g/mol. The number of hydrogen-bond acceptors (Lipinski definition) is 1. The van der Waals surface area contributed by atoms with E-state index < -0.39 is 0 Å². The molecule has 0 spiro atoms. The SMILES string of the molecule is [CH]=CCC(C)OCCC. The summed E-state index contributed by atoms with van der Waals surface area (Å²) in [4.78, 5) is 0. The van der Waals surface area contributed by atoms with E-state index >= 15 is 0 Å². The predicted molar refractivity (Wildman–Crippen MR) is 39.2 cm³/mol. The van der Waals surface area contributed by atoms with Crippen molar-refractivity contribution in [1.82, 2.24) is 0 Å². The van der Waals surface area contributed by atoms with Crippen molar-refractivity contribution in [2.75, 3.05) is 6.61 Å². The summed E-state index contributed by atoms with van der Waals surface area (Å²) < 4.78 is 5.32. The molecule has 0 aliphatic rings. The lowest BCUT2D eigenvalue weighted by Crippen LogP contribution is -2.06. The maximum absolute atomic E-state index is 5.32. The molecule has 0 aromatic heterocycles. The summed E-state index contributed by atoms with van der Waals surface area (Å²) in [5.74, 6) is 0. The Hall–Kier alpha value is -0.300. The van der Waals surface area contributed by atoms with Gasteiger partial charge in [0.05, 0.1) is 6.10 Å². The summed E-state index contributed by atoms with van der Waals surface area (Å²) in [5.41, 5.74) is 0.